The first-order valence-corrected chi connectivity index (χ1v) is 9.39. The lowest BCUT2D eigenvalue weighted by Crippen LogP contribution is -2.45. The van der Waals surface area contributed by atoms with Gasteiger partial charge in [-0.15, -0.1) is 0 Å². The Bertz CT molecular complexity index is 1070. The van der Waals surface area contributed by atoms with Gasteiger partial charge in [0.25, 0.3) is 0 Å². The zero-order valence-corrected chi connectivity index (χ0v) is 15.3. The molecule has 6 heteroatoms. The summed E-state index contributed by atoms with van der Waals surface area (Å²) in [5.41, 5.74) is 1.80. The fourth-order valence-electron chi connectivity index (χ4n) is 3.28. The van der Waals surface area contributed by atoms with Gasteiger partial charge >= 0.3 is 0 Å². The Labute approximate surface area is 162 Å². The number of nitrogens with one attached hydrogen (secondary N) is 1. The van der Waals surface area contributed by atoms with Crippen LogP contribution in [-0.4, -0.2) is 27.1 Å². The Hall–Kier alpha value is -3.38. The van der Waals surface area contributed by atoms with Crippen molar-refractivity contribution in [1.82, 2.24) is 19.9 Å². The van der Waals surface area contributed by atoms with E-state index < -0.39 is 0 Å². The predicted octanol–water partition coefficient (Wildman–Crippen LogP) is 4.38. The molecule has 2 aromatic heterocycles. The third kappa shape index (κ3) is 3.42. The Morgan fingerprint density at radius 2 is 1.61 bits per heavy atom. The quantitative estimate of drug-likeness (QED) is 0.544. The van der Waals surface area contributed by atoms with Gasteiger partial charge in [-0.3, -0.25) is 0 Å². The van der Waals surface area contributed by atoms with Gasteiger partial charge in [-0.1, -0.05) is 18.2 Å². The second-order valence-electron chi connectivity index (χ2n) is 6.81. The molecular formula is C22H20N4O2. The number of fused-ring (bicyclic) bond motifs is 1. The molecule has 1 N–H and O–H groups in total. The van der Waals surface area contributed by atoms with Crippen molar-refractivity contribution in [2.24, 2.45) is 0 Å². The first-order chi connectivity index (χ1) is 13.8. The normalized spacial score (nSPS) is 15.9. The van der Waals surface area contributed by atoms with Crippen LogP contribution >= 0.6 is 0 Å². The van der Waals surface area contributed by atoms with E-state index in [9.17, 15) is 0 Å². The molecule has 1 saturated heterocycles. The minimum absolute atomic E-state index is 0.498. The maximum Gasteiger partial charge on any atom is 0.247 e. The third-order valence-corrected chi connectivity index (χ3v) is 4.88. The fraction of sp³-hybridized carbons (Fsp3) is 0.182. The zero-order chi connectivity index (χ0) is 18.8. The van der Waals surface area contributed by atoms with Gasteiger partial charge in [0.2, 0.25) is 5.88 Å². The molecule has 0 bridgehead atoms. The van der Waals surface area contributed by atoms with Gasteiger partial charge in [-0.2, -0.15) is 4.98 Å². The van der Waals surface area contributed by atoms with Crippen LogP contribution in [0, 0.1) is 0 Å². The van der Waals surface area contributed by atoms with Crippen molar-refractivity contribution < 1.29 is 9.47 Å². The van der Waals surface area contributed by atoms with Crippen LogP contribution in [0.15, 0.2) is 73.2 Å². The molecule has 0 amide bonds. The molecule has 1 unspecified atom stereocenters. The Morgan fingerprint density at radius 3 is 2.32 bits per heavy atom. The Morgan fingerprint density at radius 1 is 0.893 bits per heavy atom. The minimum Gasteiger partial charge on any atom is -0.457 e. The van der Waals surface area contributed by atoms with E-state index in [4.69, 9.17) is 9.47 Å². The van der Waals surface area contributed by atoms with E-state index in [1.807, 2.05) is 66.9 Å². The Balaban J connectivity index is 1.36. The smallest absolute Gasteiger partial charge is 0.247 e. The molecule has 0 aliphatic carbocycles. The predicted molar refractivity (Wildman–Crippen MR) is 107 cm³/mol. The van der Waals surface area contributed by atoms with Gasteiger partial charge in [-0.05, 0) is 55.4 Å². The van der Waals surface area contributed by atoms with Crippen LogP contribution in [0.1, 0.15) is 6.42 Å². The van der Waals surface area contributed by atoms with Gasteiger partial charge in [0.1, 0.15) is 29.1 Å². The van der Waals surface area contributed by atoms with Crippen LogP contribution in [0.5, 0.6) is 23.1 Å². The van der Waals surface area contributed by atoms with Crippen LogP contribution in [0.25, 0.3) is 11.0 Å². The van der Waals surface area contributed by atoms with Crippen molar-refractivity contribution >= 4 is 11.0 Å². The summed E-state index contributed by atoms with van der Waals surface area (Å²) in [6, 6.07) is 19.7. The lowest BCUT2D eigenvalue weighted by atomic mass is 10.1. The first-order valence-electron chi connectivity index (χ1n) is 9.39. The highest BCUT2D eigenvalue weighted by Crippen LogP contribution is 2.30. The minimum atomic E-state index is 0.498. The average molecular weight is 372 g/mol. The number of hydrogen-bond acceptors (Lipinski definition) is 5. The number of para-hydroxylation sites is 1. The van der Waals surface area contributed by atoms with Crippen molar-refractivity contribution in [3.8, 4) is 23.1 Å². The van der Waals surface area contributed by atoms with E-state index in [1.165, 1.54) is 12.7 Å². The molecule has 1 aliphatic heterocycles. The van der Waals surface area contributed by atoms with Gasteiger partial charge in [-0.25, -0.2) is 4.98 Å². The van der Waals surface area contributed by atoms with Crippen molar-refractivity contribution in [3.05, 3.63) is 73.2 Å². The third-order valence-electron chi connectivity index (χ3n) is 4.88. The summed E-state index contributed by atoms with van der Waals surface area (Å²) in [6.45, 7) is 1.97. The topological polar surface area (TPSA) is 61.2 Å². The summed E-state index contributed by atoms with van der Waals surface area (Å²) in [5.74, 6) is 2.82. The van der Waals surface area contributed by atoms with Crippen LogP contribution in [0.2, 0.25) is 0 Å². The molecule has 0 radical (unpaired) electrons. The molecule has 1 atom stereocenters. The van der Waals surface area contributed by atoms with Crippen molar-refractivity contribution in [3.63, 3.8) is 0 Å². The molecule has 1 fully saturated rings. The number of benzene rings is 2. The molecule has 1 aliphatic rings. The van der Waals surface area contributed by atoms with Gasteiger partial charge < -0.3 is 19.4 Å². The molecule has 2 aromatic carbocycles. The number of rotatable bonds is 6. The summed E-state index contributed by atoms with van der Waals surface area (Å²) in [6.07, 6.45) is 4.77. The summed E-state index contributed by atoms with van der Waals surface area (Å²) in [4.78, 5) is 8.73. The average Bonchev–Trinajstić information content (AvgIpc) is 3.11. The molecular weight excluding hydrogens is 352 g/mol. The molecule has 3 heterocycles. The molecule has 0 saturated carbocycles. The summed E-state index contributed by atoms with van der Waals surface area (Å²) < 4.78 is 14.1. The maximum atomic E-state index is 6.08. The van der Waals surface area contributed by atoms with Gasteiger partial charge in [0, 0.05) is 18.8 Å². The monoisotopic (exact) mass is 372 g/mol. The van der Waals surface area contributed by atoms with Gasteiger partial charge in [0.15, 0.2) is 0 Å². The van der Waals surface area contributed by atoms with E-state index >= 15 is 0 Å². The molecule has 28 heavy (non-hydrogen) atoms. The van der Waals surface area contributed by atoms with Gasteiger partial charge in [0.05, 0.1) is 5.52 Å². The molecule has 0 spiro atoms. The number of hydrogen-bond donors (Lipinski definition) is 1. The number of nitrogens with zero attached hydrogens (tertiary/aromatic N) is 3. The van der Waals surface area contributed by atoms with E-state index in [0.717, 1.165) is 35.6 Å². The van der Waals surface area contributed by atoms with Crippen LogP contribution < -0.4 is 14.8 Å². The lowest BCUT2D eigenvalue weighted by molar-refractivity contribution is 0.333. The standard InChI is InChI=1S/C22H20N4O2/c1-2-4-17(5-3-1)27-18-6-8-19(9-7-18)28-22-21-20(24-15-25-22)11-13-26(21)14-16-10-12-23-16/h1-9,11,13,15-16,23H,10,12,14H2. The second kappa shape index (κ2) is 7.32. The molecule has 4 aromatic rings. The summed E-state index contributed by atoms with van der Waals surface area (Å²) >= 11 is 0. The zero-order valence-electron chi connectivity index (χ0n) is 15.3. The highest BCUT2D eigenvalue weighted by Gasteiger charge is 2.19. The maximum absolute atomic E-state index is 6.08. The number of aromatic nitrogens is 3. The van der Waals surface area contributed by atoms with Crippen molar-refractivity contribution in [1.29, 1.82) is 0 Å². The van der Waals surface area contributed by atoms with E-state index in [-0.39, 0.29) is 0 Å². The number of ether oxygens (including phenoxy) is 2. The molecule has 6 nitrogen and oxygen atoms in total. The first kappa shape index (κ1) is 16.8. The summed E-state index contributed by atoms with van der Waals surface area (Å²) in [5, 5.41) is 3.43. The van der Waals surface area contributed by atoms with Crippen LogP contribution in [0.4, 0.5) is 0 Å². The van der Waals surface area contributed by atoms with Crippen LogP contribution in [-0.2, 0) is 6.54 Å². The van der Waals surface area contributed by atoms with Crippen LogP contribution in [0.3, 0.4) is 0 Å². The second-order valence-corrected chi connectivity index (χ2v) is 6.81. The van der Waals surface area contributed by atoms with Crippen molar-refractivity contribution in [2.45, 2.75) is 19.0 Å². The van der Waals surface area contributed by atoms with E-state index in [1.54, 1.807) is 0 Å². The van der Waals surface area contributed by atoms with Crippen molar-refractivity contribution in [2.75, 3.05) is 6.54 Å². The molecule has 140 valence electrons. The lowest BCUT2D eigenvalue weighted by Gasteiger charge is -2.28. The largest absolute Gasteiger partial charge is 0.457 e. The molecule has 5 rings (SSSR count). The van der Waals surface area contributed by atoms with E-state index in [0.29, 0.717) is 17.7 Å². The SMILES string of the molecule is c1ccc(Oc2ccc(Oc3ncnc4ccn(CC5CCN5)c34)cc2)cc1. The summed E-state index contributed by atoms with van der Waals surface area (Å²) in [7, 11) is 0. The fourth-order valence-corrected chi connectivity index (χ4v) is 3.28. The van der Waals surface area contributed by atoms with E-state index in [2.05, 4.69) is 19.9 Å². The highest BCUT2D eigenvalue weighted by molar-refractivity contribution is 5.80. The highest BCUT2D eigenvalue weighted by atomic mass is 16.5. The Kier molecular flexibility index (Phi) is 4.39.